The summed E-state index contributed by atoms with van der Waals surface area (Å²) >= 11 is 1.53. The van der Waals surface area contributed by atoms with Gasteiger partial charge in [0.25, 0.3) is 5.91 Å². The number of nitrogens with zero attached hydrogens (tertiary/aromatic N) is 1. The van der Waals surface area contributed by atoms with Crippen molar-refractivity contribution in [2.75, 3.05) is 0 Å². The van der Waals surface area contributed by atoms with Crippen molar-refractivity contribution in [2.45, 2.75) is 58.4 Å². The molecule has 0 aliphatic heterocycles. The largest absolute Gasteiger partial charge is 0.348 e. The van der Waals surface area contributed by atoms with E-state index in [0.717, 1.165) is 23.8 Å². The fourth-order valence-corrected chi connectivity index (χ4v) is 3.32. The van der Waals surface area contributed by atoms with E-state index in [-0.39, 0.29) is 5.91 Å². The smallest absolute Gasteiger partial charge is 0.270 e. The van der Waals surface area contributed by atoms with Gasteiger partial charge in [-0.2, -0.15) is 0 Å². The van der Waals surface area contributed by atoms with Gasteiger partial charge < -0.3 is 5.32 Å². The molecule has 0 spiro atoms. The Kier molecular flexibility index (Phi) is 4.75. The molecule has 1 amide bonds. The van der Waals surface area contributed by atoms with Gasteiger partial charge in [-0.25, -0.2) is 4.98 Å². The van der Waals surface area contributed by atoms with E-state index in [0.29, 0.717) is 11.7 Å². The predicted octanol–water partition coefficient (Wildman–Crippen LogP) is 3.54. The molecule has 0 unspecified atom stereocenters. The molecule has 1 heterocycles. The molecule has 0 saturated heterocycles. The van der Waals surface area contributed by atoms with E-state index in [1.807, 2.05) is 12.3 Å². The third-order valence-electron chi connectivity index (χ3n) is 3.73. The molecule has 1 N–H and O–H groups in total. The van der Waals surface area contributed by atoms with Gasteiger partial charge in [-0.15, -0.1) is 11.3 Å². The lowest BCUT2D eigenvalue weighted by atomic mass is 9.83. The first kappa shape index (κ1) is 13.5. The SMILES string of the molecule is CCCC1CCC(NC(=O)c2csc(C)n2)CC1. The number of amides is 1. The first-order valence-electron chi connectivity index (χ1n) is 6.92. The highest BCUT2D eigenvalue weighted by molar-refractivity contribution is 7.09. The zero-order valence-electron chi connectivity index (χ0n) is 11.2. The van der Waals surface area contributed by atoms with Crippen molar-refractivity contribution in [2.24, 2.45) is 5.92 Å². The van der Waals surface area contributed by atoms with Crippen LogP contribution in [0.25, 0.3) is 0 Å². The summed E-state index contributed by atoms with van der Waals surface area (Å²) in [6, 6.07) is 0.354. The molecule has 1 aromatic rings. The number of carbonyl (C=O) groups is 1. The van der Waals surface area contributed by atoms with E-state index < -0.39 is 0 Å². The molecule has 3 nitrogen and oxygen atoms in total. The third kappa shape index (κ3) is 3.55. The summed E-state index contributed by atoms with van der Waals surface area (Å²) in [6.07, 6.45) is 7.38. The van der Waals surface area contributed by atoms with Crippen LogP contribution < -0.4 is 5.32 Å². The second-order valence-corrected chi connectivity index (χ2v) is 6.29. The lowest BCUT2D eigenvalue weighted by Gasteiger charge is -2.28. The first-order valence-corrected chi connectivity index (χ1v) is 7.80. The second kappa shape index (κ2) is 6.32. The zero-order chi connectivity index (χ0) is 13.0. The number of thiazole rings is 1. The molecule has 0 bridgehead atoms. The molecule has 0 aromatic carbocycles. The van der Waals surface area contributed by atoms with Crippen LogP contribution in [0.5, 0.6) is 0 Å². The van der Waals surface area contributed by atoms with Crippen molar-refractivity contribution in [3.8, 4) is 0 Å². The van der Waals surface area contributed by atoms with Crippen LogP contribution in [0, 0.1) is 12.8 Å². The van der Waals surface area contributed by atoms with Gasteiger partial charge in [0.1, 0.15) is 5.69 Å². The van der Waals surface area contributed by atoms with Gasteiger partial charge in [0.2, 0.25) is 0 Å². The average molecular weight is 266 g/mol. The Morgan fingerprint density at radius 2 is 2.17 bits per heavy atom. The molecule has 0 radical (unpaired) electrons. The summed E-state index contributed by atoms with van der Waals surface area (Å²) in [5.74, 6) is 0.878. The van der Waals surface area contributed by atoms with Crippen LogP contribution in [-0.2, 0) is 0 Å². The summed E-state index contributed by atoms with van der Waals surface area (Å²) < 4.78 is 0. The normalized spacial score (nSPS) is 23.9. The molecule has 1 aromatic heterocycles. The molecule has 1 aliphatic rings. The number of nitrogens with one attached hydrogen (secondary N) is 1. The summed E-state index contributed by atoms with van der Waals surface area (Å²) in [5, 5.41) is 5.91. The Morgan fingerprint density at radius 3 is 2.72 bits per heavy atom. The predicted molar refractivity (Wildman–Crippen MR) is 75.0 cm³/mol. The number of hydrogen-bond donors (Lipinski definition) is 1. The van der Waals surface area contributed by atoms with Gasteiger partial charge in [0.15, 0.2) is 0 Å². The summed E-state index contributed by atoms with van der Waals surface area (Å²) in [4.78, 5) is 16.2. The molecule has 1 saturated carbocycles. The van der Waals surface area contributed by atoms with Gasteiger partial charge in [-0.05, 0) is 38.5 Å². The van der Waals surface area contributed by atoms with Crippen LogP contribution in [0.15, 0.2) is 5.38 Å². The summed E-state index contributed by atoms with van der Waals surface area (Å²) in [7, 11) is 0. The van der Waals surface area contributed by atoms with E-state index in [1.54, 1.807) is 0 Å². The van der Waals surface area contributed by atoms with Crippen molar-refractivity contribution in [3.63, 3.8) is 0 Å². The highest BCUT2D eigenvalue weighted by Gasteiger charge is 2.22. The van der Waals surface area contributed by atoms with Gasteiger partial charge in [0.05, 0.1) is 5.01 Å². The molecular formula is C14H22N2OS. The van der Waals surface area contributed by atoms with Crippen molar-refractivity contribution in [1.82, 2.24) is 10.3 Å². The molecular weight excluding hydrogens is 244 g/mol. The van der Waals surface area contributed by atoms with Crippen molar-refractivity contribution in [1.29, 1.82) is 0 Å². The monoisotopic (exact) mass is 266 g/mol. The van der Waals surface area contributed by atoms with E-state index >= 15 is 0 Å². The maximum Gasteiger partial charge on any atom is 0.270 e. The third-order valence-corrected chi connectivity index (χ3v) is 4.50. The summed E-state index contributed by atoms with van der Waals surface area (Å²) in [6.45, 7) is 4.18. The summed E-state index contributed by atoms with van der Waals surface area (Å²) in [5.41, 5.74) is 0.577. The fourth-order valence-electron chi connectivity index (χ4n) is 2.73. The van der Waals surface area contributed by atoms with Crippen LogP contribution in [-0.4, -0.2) is 16.9 Å². The minimum Gasteiger partial charge on any atom is -0.348 e. The molecule has 100 valence electrons. The number of hydrogen-bond acceptors (Lipinski definition) is 3. The van der Waals surface area contributed by atoms with Crippen LogP contribution in [0.3, 0.4) is 0 Å². The Bertz CT molecular complexity index is 394. The lowest BCUT2D eigenvalue weighted by molar-refractivity contribution is 0.0916. The zero-order valence-corrected chi connectivity index (χ0v) is 12.1. The molecule has 18 heavy (non-hydrogen) atoms. The van der Waals surface area contributed by atoms with Gasteiger partial charge >= 0.3 is 0 Å². The minimum absolute atomic E-state index is 0.00158. The molecule has 1 fully saturated rings. The molecule has 4 heteroatoms. The van der Waals surface area contributed by atoms with Crippen LogP contribution in [0.4, 0.5) is 0 Å². The maximum atomic E-state index is 12.0. The molecule has 0 atom stereocenters. The van der Waals surface area contributed by atoms with Gasteiger partial charge in [-0.1, -0.05) is 19.8 Å². The average Bonchev–Trinajstić information content (AvgIpc) is 2.79. The Labute approximate surface area is 113 Å². The minimum atomic E-state index is -0.00158. The van der Waals surface area contributed by atoms with Crippen LogP contribution in [0.1, 0.15) is 60.9 Å². The molecule has 2 rings (SSSR count). The fraction of sp³-hybridized carbons (Fsp3) is 0.714. The van der Waals surface area contributed by atoms with Gasteiger partial charge in [-0.3, -0.25) is 4.79 Å². The van der Waals surface area contributed by atoms with Crippen LogP contribution in [0.2, 0.25) is 0 Å². The number of aromatic nitrogens is 1. The topological polar surface area (TPSA) is 42.0 Å². The number of aryl methyl sites for hydroxylation is 1. The number of rotatable bonds is 4. The van der Waals surface area contributed by atoms with E-state index in [4.69, 9.17) is 0 Å². The Hall–Kier alpha value is -0.900. The lowest BCUT2D eigenvalue weighted by Crippen LogP contribution is -2.37. The van der Waals surface area contributed by atoms with Crippen LogP contribution >= 0.6 is 11.3 Å². The Balaban J connectivity index is 1.79. The van der Waals surface area contributed by atoms with Gasteiger partial charge in [0, 0.05) is 11.4 Å². The highest BCUT2D eigenvalue weighted by atomic mass is 32.1. The quantitative estimate of drug-likeness (QED) is 0.905. The second-order valence-electron chi connectivity index (χ2n) is 5.23. The Morgan fingerprint density at radius 1 is 1.44 bits per heavy atom. The molecule has 1 aliphatic carbocycles. The van der Waals surface area contributed by atoms with E-state index in [2.05, 4.69) is 17.2 Å². The number of carbonyl (C=O) groups excluding carboxylic acids is 1. The maximum absolute atomic E-state index is 12.0. The highest BCUT2D eigenvalue weighted by Crippen LogP contribution is 2.27. The van der Waals surface area contributed by atoms with E-state index in [1.165, 1.54) is 37.0 Å². The van der Waals surface area contributed by atoms with Crippen molar-refractivity contribution >= 4 is 17.2 Å². The van der Waals surface area contributed by atoms with Crippen molar-refractivity contribution in [3.05, 3.63) is 16.1 Å². The van der Waals surface area contributed by atoms with Crippen molar-refractivity contribution < 1.29 is 4.79 Å². The van der Waals surface area contributed by atoms with E-state index in [9.17, 15) is 4.79 Å². The first-order chi connectivity index (χ1) is 8.69. The standard InChI is InChI=1S/C14H22N2OS/c1-3-4-11-5-7-12(8-6-11)16-14(17)13-9-18-10(2)15-13/h9,11-12H,3-8H2,1-2H3,(H,16,17).